The van der Waals surface area contributed by atoms with E-state index in [1.54, 1.807) is 12.1 Å². The first kappa shape index (κ1) is 11.7. The van der Waals surface area contributed by atoms with E-state index in [-0.39, 0.29) is 5.82 Å². The van der Waals surface area contributed by atoms with Gasteiger partial charge in [0.1, 0.15) is 17.2 Å². The summed E-state index contributed by atoms with van der Waals surface area (Å²) in [6.07, 6.45) is 0. The minimum atomic E-state index is -0.314. The lowest BCUT2D eigenvalue weighted by molar-refractivity contribution is 0.627. The van der Waals surface area contributed by atoms with Crippen molar-refractivity contribution in [1.29, 1.82) is 0 Å². The molecular weight excluding hydrogens is 319 g/mol. The average molecular weight is 326 g/mol. The number of H-pyrrole nitrogens is 1. The van der Waals surface area contributed by atoms with Gasteiger partial charge in [0, 0.05) is 10.0 Å². The number of rotatable bonds is 1. The van der Waals surface area contributed by atoms with Gasteiger partial charge in [-0.05, 0) is 30.3 Å². The van der Waals surface area contributed by atoms with Gasteiger partial charge in [-0.1, -0.05) is 33.6 Å². The van der Waals surface area contributed by atoms with Crippen LogP contribution >= 0.6 is 27.5 Å². The highest BCUT2D eigenvalue weighted by Crippen LogP contribution is 2.27. The number of nitrogens with zero attached hydrogens (tertiary/aromatic N) is 1. The molecule has 0 spiro atoms. The number of halogens is 3. The molecule has 0 atom stereocenters. The zero-order valence-electron chi connectivity index (χ0n) is 9.05. The molecule has 2 aromatic carbocycles. The molecule has 3 rings (SSSR count). The maximum atomic E-state index is 13.4. The topological polar surface area (TPSA) is 28.7 Å². The summed E-state index contributed by atoms with van der Waals surface area (Å²) >= 11 is 9.32. The summed E-state index contributed by atoms with van der Waals surface area (Å²) in [5, 5.41) is 0.575. The summed E-state index contributed by atoms with van der Waals surface area (Å²) in [4.78, 5) is 7.51. The number of hydrogen-bond donors (Lipinski definition) is 1. The van der Waals surface area contributed by atoms with Crippen molar-refractivity contribution in [3.05, 3.63) is 51.7 Å². The summed E-state index contributed by atoms with van der Waals surface area (Å²) in [6.45, 7) is 0. The Balaban J connectivity index is 2.22. The second kappa shape index (κ2) is 4.37. The third-order valence-corrected chi connectivity index (χ3v) is 3.36. The van der Waals surface area contributed by atoms with E-state index in [4.69, 9.17) is 11.6 Å². The standard InChI is InChI=1S/C13H7BrClFN2/c14-8-4-7(5-9(16)6-8)13-17-11-3-1-2-10(15)12(11)18-13/h1-6H,(H,17,18). The summed E-state index contributed by atoms with van der Waals surface area (Å²) in [5.41, 5.74) is 2.20. The normalized spacial score (nSPS) is 11.1. The van der Waals surface area contributed by atoms with E-state index in [1.807, 2.05) is 12.1 Å². The van der Waals surface area contributed by atoms with Crippen LogP contribution in [0.1, 0.15) is 0 Å². The average Bonchev–Trinajstić information content (AvgIpc) is 2.73. The van der Waals surface area contributed by atoms with Crippen LogP contribution in [0.4, 0.5) is 4.39 Å². The van der Waals surface area contributed by atoms with Crippen LogP contribution in [-0.2, 0) is 0 Å². The van der Waals surface area contributed by atoms with Crippen LogP contribution in [0.5, 0.6) is 0 Å². The Labute approximate surface area is 116 Å². The van der Waals surface area contributed by atoms with Crippen molar-refractivity contribution in [2.75, 3.05) is 0 Å². The highest BCUT2D eigenvalue weighted by molar-refractivity contribution is 9.10. The number of nitrogens with one attached hydrogen (secondary N) is 1. The van der Waals surface area contributed by atoms with Crippen LogP contribution in [0, 0.1) is 5.82 Å². The lowest BCUT2D eigenvalue weighted by Gasteiger charge is -1.98. The van der Waals surface area contributed by atoms with Crippen molar-refractivity contribution < 1.29 is 4.39 Å². The Morgan fingerprint density at radius 1 is 1.22 bits per heavy atom. The van der Waals surface area contributed by atoms with Gasteiger partial charge in [-0.15, -0.1) is 0 Å². The lowest BCUT2D eigenvalue weighted by Crippen LogP contribution is -1.83. The molecule has 0 saturated carbocycles. The maximum absolute atomic E-state index is 13.4. The highest BCUT2D eigenvalue weighted by Gasteiger charge is 2.09. The molecule has 0 amide bonds. The first-order chi connectivity index (χ1) is 8.63. The third-order valence-electron chi connectivity index (χ3n) is 2.60. The molecule has 0 aliphatic carbocycles. The molecule has 90 valence electrons. The van der Waals surface area contributed by atoms with Crippen molar-refractivity contribution in [2.45, 2.75) is 0 Å². The second-order valence-corrected chi connectivity index (χ2v) is 5.20. The van der Waals surface area contributed by atoms with Gasteiger partial charge in [-0.25, -0.2) is 9.37 Å². The maximum Gasteiger partial charge on any atom is 0.138 e. The number of imidazole rings is 1. The van der Waals surface area contributed by atoms with Crippen molar-refractivity contribution in [3.8, 4) is 11.4 Å². The molecule has 3 aromatic rings. The Bertz CT molecular complexity index is 719. The first-order valence-corrected chi connectivity index (χ1v) is 6.41. The monoisotopic (exact) mass is 324 g/mol. The van der Waals surface area contributed by atoms with Crippen molar-refractivity contribution in [1.82, 2.24) is 9.97 Å². The van der Waals surface area contributed by atoms with Crippen LogP contribution in [0.3, 0.4) is 0 Å². The molecule has 0 aliphatic heterocycles. The van der Waals surface area contributed by atoms with E-state index in [2.05, 4.69) is 25.9 Å². The van der Waals surface area contributed by atoms with Gasteiger partial charge in [0.15, 0.2) is 0 Å². The van der Waals surface area contributed by atoms with Crippen LogP contribution in [0.15, 0.2) is 40.9 Å². The Kier molecular flexibility index (Phi) is 2.84. The fourth-order valence-electron chi connectivity index (χ4n) is 1.82. The van der Waals surface area contributed by atoms with Crippen molar-refractivity contribution in [3.63, 3.8) is 0 Å². The SMILES string of the molecule is Fc1cc(Br)cc(-c2nc3c(Cl)cccc3[nH]2)c1. The van der Waals surface area contributed by atoms with Gasteiger partial charge in [-0.3, -0.25) is 0 Å². The first-order valence-electron chi connectivity index (χ1n) is 5.24. The minimum Gasteiger partial charge on any atom is -0.338 e. The molecule has 0 radical (unpaired) electrons. The van der Waals surface area contributed by atoms with Gasteiger partial charge in [0.05, 0.1) is 10.5 Å². The number of fused-ring (bicyclic) bond motifs is 1. The minimum absolute atomic E-state index is 0.314. The number of para-hydroxylation sites is 1. The van der Waals surface area contributed by atoms with E-state index in [0.717, 1.165) is 5.52 Å². The summed E-state index contributed by atoms with van der Waals surface area (Å²) in [7, 11) is 0. The molecule has 0 bridgehead atoms. The van der Waals surface area contributed by atoms with E-state index in [9.17, 15) is 4.39 Å². The molecule has 1 N–H and O–H groups in total. The number of benzene rings is 2. The number of aromatic amines is 1. The number of aromatic nitrogens is 2. The Hall–Kier alpha value is -1.39. The fraction of sp³-hybridized carbons (Fsp3) is 0. The molecule has 0 aliphatic rings. The fourth-order valence-corrected chi connectivity index (χ4v) is 2.51. The largest absolute Gasteiger partial charge is 0.338 e. The summed E-state index contributed by atoms with van der Waals surface area (Å²) in [5.74, 6) is 0.282. The van der Waals surface area contributed by atoms with Crippen LogP contribution in [-0.4, -0.2) is 9.97 Å². The predicted molar refractivity (Wildman–Crippen MR) is 74.2 cm³/mol. The predicted octanol–water partition coefficient (Wildman–Crippen LogP) is 4.78. The van der Waals surface area contributed by atoms with Gasteiger partial charge in [0.2, 0.25) is 0 Å². The van der Waals surface area contributed by atoms with E-state index in [1.165, 1.54) is 12.1 Å². The molecule has 18 heavy (non-hydrogen) atoms. The van der Waals surface area contributed by atoms with Crippen molar-refractivity contribution >= 4 is 38.6 Å². The molecule has 0 unspecified atom stereocenters. The van der Waals surface area contributed by atoms with E-state index >= 15 is 0 Å². The molecule has 0 saturated heterocycles. The van der Waals surface area contributed by atoms with E-state index < -0.39 is 0 Å². The van der Waals surface area contributed by atoms with Crippen LogP contribution < -0.4 is 0 Å². The molecule has 1 heterocycles. The Morgan fingerprint density at radius 3 is 2.78 bits per heavy atom. The van der Waals surface area contributed by atoms with Gasteiger partial charge >= 0.3 is 0 Å². The van der Waals surface area contributed by atoms with Gasteiger partial charge in [0.25, 0.3) is 0 Å². The molecule has 2 nitrogen and oxygen atoms in total. The molecule has 1 aromatic heterocycles. The lowest BCUT2D eigenvalue weighted by atomic mass is 10.2. The molecular formula is C13H7BrClFN2. The quantitative estimate of drug-likeness (QED) is 0.685. The summed E-state index contributed by atoms with van der Waals surface area (Å²) < 4.78 is 14.0. The zero-order valence-corrected chi connectivity index (χ0v) is 11.4. The third kappa shape index (κ3) is 2.02. The number of hydrogen-bond acceptors (Lipinski definition) is 1. The second-order valence-electron chi connectivity index (χ2n) is 3.88. The van der Waals surface area contributed by atoms with Gasteiger partial charge < -0.3 is 4.98 Å². The van der Waals surface area contributed by atoms with Crippen molar-refractivity contribution in [2.24, 2.45) is 0 Å². The van der Waals surface area contributed by atoms with Gasteiger partial charge in [-0.2, -0.15) is 0 Å². The van der Waals surface area contributed by atoms with Crippen LogP contribution in [0.25, 0.3) is 22.4 Å². The highest BCUT2D eigenvalue weighted by atomic mass is 79.9. The smallest absolute Gasteiger partial charge is 0.138 e. The molecule has 5 heteroatoms. The molecule has 0 fully saturated rings. The van der Waals surface area contributed by atoms with Crippen LogP contribution in [0.2, 0.25) is 5.02 Å². The van der Waals surface area contributed by atoms with E-state index in [0.29, 0.717) is 26.4 Å². The summed E-state index contributed by atoms with van der Waals surface area (Å²) in [6, 6.07) is 10.1. The zero-order chi connectivity index (χ0) is 12.7. The Morgan fingerprint density at radius 2 is 2.06 bits per heavy atom.